The minimum atomic E-state index is -0.161. The predicted octanol–water partition coefficient (Wildman–Crippen LogP) is 3.79. The molecule has 1 N–H and O–H groups in total. The summed E-state index contributed by atoms with van der Waals surface area (Å²) in [5.74, 6) is 0.969. The maximum Gasteiger partial charge on any atom is 0.251 e. The molecule has 0 bridgehead atoms. The first kappa shape index (κ1) is 16.4. The maximum absolute atomic E-state index is 12.3. The molecule has 4 nitrogen and oxygen atoms in total. The van der Waals surface area contributed by atoms with Crippen LogP contribution >= 0.6 is 15.9 Å². The van der Waals surface area contributed by atoms with E-state index in [9.17, 15) is 4.79 Å². The first-order valence-corrected chi connectivity index (χ1v) is 7.77. The van der Waals surface area contributed by atoms with Crippen LogP contribution in [0, 0.1) is 0 Å². The maximum atomic E-state index is 12.3. The Kier molecular flexibility index (Phi) is 5.83. The molecule has 22 heavy (non-hydrogen) atoms. The van der Waals surface area contributed by atoms with Crippen molar-refractivity contribution in [2.75, 3.05) is 13.7 Å². The monoisotopic (exact) mass is 363 g/mol. The molecular weight excluding hydrogens is 346 g/mol. The summed E-state index contributed by atoms with van der Waals surface area (Å²) in [5, 5.41) is 2.89. The highest BCUT2D eigenvalue weighted by molar-refractivity contribution is 9.10. The van der Waals surface area contributed by atoms with Crippen molar-refractivity contribution in [2.45, 2.75) is 13.5 Å². The minimum Gasteiger partial charge on any atom is -0.493 e. The summed E-state index contributed by atoms with van der Waals surface area (Å²) in [7, 11) is 1.55. The van der Waals surface area contributed by atoms with Gasteiger partial charge in [0.1, 0.15) is 0 Å². The van der Waals surface area contributed by atoms with E-state index in [0.717, 1.165) is 5.56 Å². The van der Waals surface area contributed by atoms with E-state index in [4.69, 9.17) is 9.47 Å². The van der Waals surface area contributed by atoms with Crippen LogP contribution in [0.1, 0.15) is 22.8 Å². The Morgan fingerprint density at radius 2 is 1.95 bits per heavy atom. The van der Waals surface area contributed by atoms with Crippen LogP contribution in [0.3, 0.4) is 0 Å². The van der Waals surface area contributed by atoms with Crippen LogP contribution in [-0.2, 0) is 6.54 Å². The van der Waals surface area contributed by atoms with Crippen molar-refractivity contribution in [3.8, 4) is 11.5 Å². The lowest BCUT2D eigenvalue weighted by molar-refractivity contribution is 0.0950. The van der Waals surface area contributed by atoms with Crippen LogP contribution in [0.25, 0.3) is 0 Å². The van der Waals surface area contributed by atoms with Crippen LogP contribution in [0.4, 0.5) is 0 Å². The van der Waals surface area contributed by atoms with Crippen LogP contribution < -0.4 is 14.8 Å². The highest BCUT2D eigenvalue weighted by Gasteiger charge is 2.15. The zero-order valence-corrected chi connectivity index (χ0v) is 14.1. The third-order valence-electron chi connectivity index (χ3n) is 3.08. The number of hydrogen-bond donors (Lipinski definition) is 1. The average Bonchev–Trinajstić information content (AvgIpc) is 2.55. The Labute approximate surface area is 138 Å². The average molecular weight is 364 g/mol. The van der Waals surface area contributed by atoms with Gasteiger partial charge in [-0.3, -0.25) is 4.79 Å². The summed E-state index contributed by atoms with van der Waals surface area (Å²) in [6.45, 7) is 2.90. The summed E-state index contributed by atoms with van der Waals surface area (Å²) >= 11 is 3.42. The van der Waals surface area contributed by atoms with E-state index >= 15 is 0 Å². The molecule has 5 heteroatoms. The zero-order valence-electron chi connectivity index (χ0n) is 12.6. The van der Waals surface area contributed by atoms with Crippen LogP contribution in [-0.4, -0.2) is 19.6 Å². The van der Waals surface area contributed by atoms with Gasteiger partial charge in [-0.2, -0.15) is 0 Å². The second-order valence-corrected chi connectivity index (χ2v) is 5.45. The molecule has 2 rings (SSSR count). The molecule has 0 saturated heterocycles. The Morgan fingerprint density at radius 3 is 2.59 bits per heavy atom. The Hall–Kier alpha value is -2.01. The van der Waals surface area contributed by atoms with Gasteiger partial charge in [-0.15, -0.1) is 0 Å². The van der Waals surface area contributed by atoms with E-state index in [0.29, 0.717) is 34.7 Å². The molecule has 2 aromatic rings. The van der Waals surface area contributed by atoms with Gasteiger partial charge in [0.05, 0.1) is 18.2 Å². The van der Waals surface area contributed by atoms with Gasteiger partial charge in [-0.1, -0.05) is 30.3 Å². The van der Waals surface area contributed by atoms with Gasteiger partial charge in [-0.25, -0.2) is 0 Å². The summed E-state index contributed by atoms with van der Waals surface area (Å²) in [5.41, 5.74) is 1.57. The first-order valence-electron chi connectivity index (χ1n) is 6.98. The molecule has 2 aromatic carbocycles. The third-order valence-corrected chi connectivity index (χ3v) is 3.67. The minimum absolute atomic E-state index is 0.161. The van der Waals surface area contributed by atoms with E-state index in [1.54, 1.807) is 19.2 Å². The molecule has 0 aliphatic carbocycles. The lowest BCUT2D eigenvalue weighted by Crippen LogP contribution is -2.22. The summed E-state index contributed by atoms with van der Waals surface area (Å²) in [4.78, 5) is 12.3. The lowest BCUT2D eigenvalue weighted by Gasteiger charge is -2.13. The van der Waals surface area contributed by atoms with Crippen molar-refractivity contribution in [1.82, 2.24) is 5.32 Å². The van der Waals surface area contributed by atoms with E-state index < -0.39 is 0 Å². The van der Waals surface area contributed by atoms with Gasteiger partial charge in [0.25, 0.3) is 5.91 Å². The van der Waals surface area contributed by atoms with Crippen LogP contribution in [0.5, 0.6) is 11.5 Å². The summed E-state index contributed by atoms with van der Waals surface area (Å²) in [6.07, 6.45) is 0. The Morgan fingerprint density at radius 1 is 1.23 bits per heavy atom. The number of carbonyl (C=O) groups is 1. The second-order valence-electron chi connectivity index (χ2n) is 4.59. The van der Waals surface area contributed by atoms with Crippen molar-refractivity contribution in [2.24, 2.45) is 0 Å². The lowest BCUT2D eigenvalue weighted by atomic mass is 10.1. The number of benzene rings is 2. The zero-order chi connectivity index (χ0) is 15.9. The molecule has 0 atom stereocenters. The number of ether oxygens (including phenoxy) is 2. The van der Waals surface area contributed by atoms with E-state index in [-0.39, 0.29) is 5.91 Å². The fourth-order valence-electron chi connectivity index (χ4n) is 2.02. The molecule has 0 spiro atoms. The molecular formula is C17H18BrNO3. The van der Waals surface area contributed by atoms with Crippen LogP contribution in [0.15, 0.2) is 46.9 Å². The number of methoxy groups -OCH3 is 1. The fourth-order valence-corrected chi connectivity index (χ4v) is 2.57. The normalized spacial score (nSPS) is 10.1. The number of rotatable bonds is 6. The Balaban J connectivity index is 2.14. The van der Waals surface area contributed by atoms with Gasteiger partial charge in [0, 0.05) is 12.1 Å². The molecule has 0 unspecified atom stereocenters. The van der Waals surface area contributed by atoms with Crippen LogP contribution in [0.2, 0.25) is 0 Å². The highest BCUT2D eigenvalue weighted by atomic mass is 79.9. The van der Waals surface area contributed by atoms with Gasteiger partial charge in [-0.05, 0) is 40.5 Å². The molecule has 1 amide bonds. The SMILES string of the molecule is CCOc1c(Br)cc(C(=O)NCc2ccccc2)cc1OC. The first-order chi connectivity index (χ1) is 10.7. The molecule has 0 fully saturated rings. The molecule has 0 saturated carbocycles. The van der Waals surface area contributed by atoms with Crippen molar-refractivity contribution < 1.29 is 14.3 Å². The van der Waals surface area contributed by atoms with Crippen molar-refractivity contribution in [1.29, 1.82) is 0 Å². The largest absolute Gasteiger partial charge is 0.493 e. The summed E-state index contributed by atoms with van der Waals surface area (Å²) in [6, 6.07) is 13.2. The van der Waals surface area contributed by atoms with E-state index in [2.05, 4.69) is 21.2 Å². The number of halogens is 1. The fraction of sp³-hybridized carbons (Fsp3) is 0.235. The molecule has 0 heterocycles. The molecule has 0 aliphatic heterocycles. The van der Waals surface area contributed by atoms with Gasteiger partial charge >= 0.3 is 0 Å². The van der Waals surface area contributed by atoms with Crippen molar-refractivity contribution in [3.05, 3.63) is 58.1 Å². The molecule has 0 aliphatic rings. The number of carbonyl (C=O) groups excluding carboxylic acids is 1. The number of amides is 1. The molecule has 116 valence electrons. The Bertz CT molecular complexity index is 644. The van der Waals surface area contributed by atoms with E-state index in [1.807, 2.05) is 37.3 Å². The quantitative estimate of drug-likeness (QED) is 0.849. The highest BCUT2D eigenvalue weighted by Crippen LogP contribution is 2.36. The van der Waals surface area contributed by atoms with Crippen molar-refractivity contribution in [3.63, 3.8) is 0 Å². The van der Waals surface area contributed by atoms with E-state index in [1.165, 1.54) is 0 Å². The third kappa shape index (κ3) is 4.01. The standard InChI is InChI=1S/C17H18BrNO3/c1-3-22-16-14(18)9-13(10-15(16)21-2)17(20)19-11-12-7-5-4-6-8-12/h4-10H,3,11H2,1-2H3,(H,19,20). The second kappa shape index (κ2) is 7.84. The topological polar surface area (TPSA) is 47.6 Å². The predicted molar refractivity (Wildman–Crippen MR) is 89.5 cm³/mol. The number of hydrogen-bond acceptors (Lipinski definition) is 3. The van der Waals surface area contributed by atoms with Gasteiger partial charge < -0.3 is 14.8 Å². The summed E-state index contributed by atoms with van der Waals surface area (Å²) < 4.78 is 11.5. The molecule has 0 radical (unpaired) electrons. The van der Waals surface area contributed by atoms with Gasteiger partial charge in [0.2, 0.25) is 0 Å². The number of nitrogens with one attached hydrogen (secondary N) is 1. The van der Waals surface area contributed by atoms with Crippen molar-refractivity contribution >= 4 is 21.8 Å². The smallest absolute Gasteiger partial charge is 0.251 e. The van der Waals surface area contributed by atoms with Gasteiger partial charge in [0.15, 0.2) is 11.5 Å². The molecule has 0 aromatic heterocycles.